The number of benzene rings is 1. The molecule has 20 heavy (non-hydrogen) atoms. The molecule has 0 aliphatic rings. The van der Waals surface area contributed by atoms with Crippen molar-refractivity contribution in [2.45, 2.75) is 19.4 Å². The van der Waals surface area contributed by atoms with Crippen molar-refractivity contribution in [2.24, 2.45) is 0 Å². The third-order valence-corrected chi connectivity index (χ3v) is 2.89. The lowest BCUT2D eigenvalue weighted by Gasteiger charge is -2.18. The van der Waals surface area contributed by atoms with Gasteiger partial charge in [0, 0.05) is 23.5 Å². The van der Waals surface area contributed by atoms with E-state index in [1.807, 2.05) is 0 Å². The average molecular weight is 273 g/mol. The Kier molecular flexibility index (Phi) is 3.81. The maximum Gasteiger partial charge on any atom is 0.125 e. The Morgan fingerprint density at radius 2 is 2.05 bits per heavy atom. The minimum Gasteiger partial charge on any atom is -0.386 e. The summed E-state index contributed by atoms with van der Waals surface area (Å²) in [5.41, 5.74) is 1.32. The van der Waals surface area contributed by atoms with Gasteiger partial charge in [-0.3, -0.25) is 4.98 Å². The molecule has 2 aromatic rings. The van der Waals surface area contributed by atoms with Crippen LogP contribution in [-0.4, -0.2) is 16.3 Å². The van der Waals surface area contributed by atoms with E-state index < -0.39 is 5.60 Å². The number of hydrogen-bond donors (Lipinski definition) is 3. The summed E-state index contributed by atoms with van der Waals surface area (Å²) in [4.78, 5) is 4.05. The number of rotatable bonds is 4. The van der Waals surface area contributed by atoms with Crippen LogP contribution in [0.2, 0.25) is 0 Å². The maximum absolute atomic E-state index is 13.3. The summed E-state index contributed by atoms with van der Waals surface area (Å²) in [5.74, 6) is -0.385. The Labute approximate surface area is 116 Å². The van der Waals surface area contributed by atoms with Crippen molar-refractivity contribution in [3.05, 3.63) is 53.6 Å². The second-order valence-electron chi connectivity index (χ2n) is 5.02. The lowest BCUT2D eigenvalue weighted by molar-refractivity contribution is 0.0783. The molecule has 0 unspecified atom stereocenters. The first-order valence-electron chi connectivity index (χ1n) is 6.15. The molecule has 1 heterocycles. The van der Waals surface area contributed by atoms with E-state index in [0.717, 1.165) is 6.21 Å². The highest BCUT2D eigenvalue weighted by Gasteiger charge is 2.16. The van der Waals surface area contributed by atoms with E-state index in [1.54, 1.807) is 32.3 Å². The van der Waals surface area contributed by atoms with E-state index in [4.69, 9.17) is 5.41 Å². The van der Waals surface area contributed by atoms with Gasteiger partial charge in [-0.15, -0.1) is 0 Å². The van der Waals surface area contributed by atoms with Gasteiger partial charge in [-0.05, 0) is 38.1 Å². The van der Waals surface area contributed by atoms with Crippen molar-refractivity contribution < 1.29 is 9.50 Å². The number of nitrogens with one attached hydrogen (secondary N) is 2. The van der Waals surface area contributed by atoms with Gasteiger partial charge in [0.25, 0.3) is 0 Å². The van der Waals surface area contributed by atoms with Crippen LogP contribution in [0.4, 0.5) is 15.8 Å². The number of hydrogen-bond acceptors (Lipinski definition) is 4. The zero-order valence-electron chi connectivity index (χ0n) is 11.3. The summed E-state index contributed by atoms with van der Waals surface area (Å²) in [5, 5.41) is 20.3. The van der Waals surface area contributed by atoms with Gasteiger partial charge in [-0.1, -0.05) is 0 Å². The zero-order chi connectivity index (χ0) is 14.8. The van der Waals surface area contributed by atoms with Crippen molar-refractivity contribution in [2.75, 3.05) is 5.32 Å². The van der Waals surface area contributed by atoms with Crippen LogP contribution >= 0.6 is 0 Å². The molecule has 0 aliphatic heterocycles. The summed E-state index contributed by atoms with van der Waals surface area (Å²) in [6.45, 7) is 3.33. The van der Waals surface area contributed by atoms with E-state index in [2.05, 4.69) is 10.3 Å². The van der Waals surface area contributed by atoms with E-state index in [-0.39, 0.29) is 5.82 Å². The largest absolute Gasteiger partial charge is 0.386 e. The van der Waals surface area contributed by atoms with Crippen molar-refractivity contribution in [3.63, 3.8) is 0 Å². The maximum atomic E-state index is 13.3. The third kappa shape index (κ3) is 3.19. The van der Waals surface area contributed by atoms with E-state index in [0.29, 0.717) is 22.5 Å². The molecule has 3 N–H and O–H groups in total. The lowest BCUT2D eigenvalue weighted by Crippen LogP contribution is -2.15. The van der Waals surface area contributed by atoms with E-state index >= 15 is 0 Å². The van der Waals surface area contributed by atoms with Crippen LogP contribution in [0.25, 0.3) is 0 Å². The molecule has 0 saturated heterocycles. The van der Waals surface area contributed by atoms with Crippen LogP contribution in [0, 0.1) is 11.2 Å². The van der Waals surface area contributed by atoms with Gasteiger partial charge >= 0.3 is 0 Å². The molecule has 104 valence electrons. The Morgan fingerprint density at radius 1 is 1.30 bits per heavy atom. The standard InChI is InChI=1S/C15H16FN3O/c1-15(2,20)11-5-13(9-18-8-11)19-14-6-12(16)4-3-10(14)7-17/h3-9,17,19-20H,1-2H3. The van der Waals surface area contributed by atoms with Gasteiger partial charge < -0.3 is 15.8 Å². The van der Waals surface area contributed by atoms with Crippen molar-refractivity contribution >= 4 is 17.6 Å². The smallest absolute Gasteiger partial charge is 0.125 e. The van der Waals surface area contributed by atoms with Crippen LogP contribution in [-0.2, 0) is 5.60 Å². The predicted molar refractivity (Wildman–Crippen MR) is 77.1 cm³/mol. The summed E-state index contributed by atoms with van der Waals surface area (Å²) < 4.78 is 13.3. The van der Waals surface area contributed by atoms with Crippen LogP contribution in [0.5, 0.6) is 0 Å². The second-order valence-corrected chi connectivity index (χ2v) is 5.02. The molecule has 5 heteroatoms. The first-order valence-corrected chi connectivity index (χ1v) is 6.15. The molecule has 1 aromatic carbocycles. The molecule has 2 rings (SSSR count). The summed E-state index contributed by atoms with van der Waals surface area (Å²) in [6, 6.07) is 5.89. The molecular formula is C15H16FN3O. The Hall–Kier alpha value is -2.27. The van der Waals surface area contributed by atoms with Gasteiger partial charge in [0.2, 0.25) is 0 Å². The van der Waals surface area contributed by atoms with Gasteiger partial charge in [-0.2, -0.15) is 0 Å². The molecule has 0 fully saturated rings. The zero-order valence-corrected chi connectivity index (χ0v) is 11.3. The monoisotopic (exact) mass is 273 g/mol. The third-order valence-electron chi connectivity index (χ3n) is 2.89. The average Bonchev–Trinajstić information content (AvgIpc) is 2.38. The van der Waals surface area contributed by atoms with Crippen molar-refractivity contribution in [1.29, 1.82) is 5.41 Å². The number of anilines is 2. The highest BCUT2D eigenvalue weighted by molar-refractivity contribution is 5.87. The van der Waals surface area contributed by atoms with Gasteiger partial charge in [-0.25, -0.2) is 4.39 Å². The molecule has 0 spiro atoms. The molecule has 0 aliphatic carbocycles. The highest BCUT2D eigenvalue weighted by Crippen LogP contribution is 2.25. The minimum absolute atomic E-state index is 0.385. The van der Waals surface area contributed by atoms with Crippen molar-refractivity contribution in [3.8, 4) is 0 Å². The van der Waals surface area contributed by atoms with Gasteiger partial charge in [0.05, 0.1) is 23.2 Å². The number of nitrogens with zero attached hydrogens (tertiary/aromatic N) is 1. The molecule has 4 nitrogen and oxygen atoms in total. The summed E-state index contributed by atoms with van der Waals surface area (Å²) in [7, 11) is 0. The number of aromatic nitrogens is 1. The Morgan fingerprint density at radius 3 is 2.70 bits per heavy atom. The molecule has 0 amide bonds. The first-order chi connectivity index (χ1) is 9.40. The molecular weight excluding hydrogens is 257 g/mol. The van der Waals surface area contributed by atoms with Crippen LogP contribution in [0.3, 0.4) is 0 Å². The fourth-order valence-electron chi connectivity index (χ4n) is 1.76. The Balaban J connectivity index is 2.35. The molecule has 0 bridgehead atoms. The Bertz CT molecular complexity index is 635. The van der Waals surface area contributed by atoms with E-state index in [1.165, 1.54) is 18.2 Å². The quantitative estimate of drug-likeness (QED) is 0.749. The second kappa shape index (κ2) is 5.38. The first kappa shape index (κ1) is 14.1. The number of pyridine rings is 1. The minimum atomic E-state index is -1.00. The SMILES string of the molecule is CC(C)(O)c1cncc(Nc2cc(F)ccc2C=N)c1. The molecule has 0 atom stereocenters. The normalized spacial score (nSPS) is 11.2. The lowest BCUT2D eigenvalue weighted by atomic mass is 10.0. The fourth-order valence-corrected chi connectivity index (χ4v) is 1.76. The fraction of sp³-hybridized carbons (Fsp3) is 0.200. The summed E-state index contributed by atoms with van der Waals surface area (Å²) >= 11 is 0. The van der Waals surface area contributed by atoms with Gasteiger partial charge in [0.15, 0.2) is 0 Å². The molecule has 0 radical (unpaired) electrons. The topological polar surface area (TPSA) is 69.0 Å². The highest BCUT2D eigenvalue weighted by atomic mass is 19.1. The number of aliphatic hydroxyl groups is 1. The van der Waals surface area contributed by atoms with Crippen molar-refractivity contribution in [1.82, 2.24) is 4.98 Å². The number of halogens is 1. The molecule has 1 aromatic heterocycles. The van der Waals surface area contributed by atoms with Crippen LogP contribution in [0.1, 0.15) is 25.0 Å². The van der Waals surface area contributed by atoms with E-state index in [9.17, 15) is 9.50 Å². The van der Waals surface area contributed by atoms with Crippen LogP contribution in [0.15, 0.2) is 36.7 Å². The predicted octanol–water partition coefficient (Wildman–Crippen LogP) is 3.19. The van der Waals surface area contributed by atoms with Gasteiger partial charge in [0.1, 0.15) is 5.82 Å². The summed E-state index contributed by atoms with van der Waals surface area (Å²) in [6.07, 6.45) is 4.30. The molecule has 0 saturated carbocycles. The van der Waals surface area contributed by atoms with Crippen LogP contribution < -0.4 is 5.32 Å².